The number of nitrogens with one attached hydrogen (secondary N) is 1. The van der Waals surface area contributed by atoms with Crippen molar-refractivity contribution in [1.29, 1.82) is 0 Å². The lowest BCUT2D eigenvalue weighted by atomic mass is 10.1. The van der Waals surface area contributed by atoms with E-state index < -0.39 is 0 Å². The van der Waals surface area contributed by atoms with Crippen LogP contribution in [0.1, 0.15) is 10.6 Å². The number of hydrogen-bond acceptors (Lipinski definition) is 4. The van der Waals surface area contributed by atoms with Gasteiger partial charge in [0.2, 0.25) is 0 Å². The minimum Gasteiger partial charge on any atom is -0.312 e. The van der Waals surface area contributed by atoms with Gasteiger partial charge >= 0.3 is 0 Å². The van der Waals surface area contributed by atoms with E-state index in [0.717, 1.165) is 19.5 Å². The third-order valence-electron chi connectivity index (χ3n) is 3.03. The van der Waals surface area contributed by atoms with Crippen LogP contribution in [0.25, 0.3) is 10.8 Å². The molecule has 1 aromatic carbocycles. The molecule has 0 saturated carbocycles. The van der Waals surface area contributed by atoms with Crippen molar-refractivity contribution >= 4 is 22.1 Å². The van der Waals surface area contributed by atoms with Gasteiger partial charge in [0.1, 0.15) is 0 Å². The average Bonchev–Trinajstić information content (AvgIpc) is 2.97. The number of thiazole rings is 1. The van der Waals surface area contributed by atoms with Crippen molar-refractivity contribution in [3.63, 3.8) is 0 Å². The number of nitrogens with zero attached hydrogens (tertiary/aromatic N) is 2. The summed E-state index contributed by atoms with van der Waals surface area (Å²) in [6, 6.07) is 8.54. The van der Waals surface area contributed by atoms with E-state index >= 15 is 0 Å². The second kappa shape index (κ2) is 5.91. The topological polar surface area (TPSA) is 37.8 Å². The maximum atomic E-state index is 4.27. The van der Waals surface area contributed by atoms with Crippen LogP contribution in [-0.4, -0.2) is 16.5 Å². The van der Waals surface area contributed by atoms with E-state index in [1.807, 2.05) is 24.0 Å². The Kier molecular flexibility index (Phi) is 3.81. The maximum Gasteiger partial charge on any atom is 0.0937 e. The molecule has 2 heterocycles. The summed E-state index contributed by atoms with van der Waals surface area (Å²) in [5.74, 6) is 0. The monoisotopic (exact) mass is 269 g/mol. The van der Waals surface area contributed by atoms with Gasteiger partial charge in [0, 0.05) is 48.9 Å². The fourth-order valence-corrected chi connectivity index (χ4v) is 2.67. The smallest absolute Gasteiger partial charge is 0.0937 e. The molecule has 0 radical (unpaired) electrons. The summed E-state index contributed by atoms with van der Waals surface area (Å²) in [6.45, 7) is 1.85. The first-order valence-electron chi connectivity index (χ1n) is 6.33. The summed E-state index contributed by atoms with van der Waals surface area (Å²) in [7, 11) is 0. The summed E-state index contributed by atoms with van der Waals surface area (Å²) in [5, 5.41) is 9.10. The first-order valence-corrected chi connectivity index (χ1v) is 7.21. The highest BCUT2D eigenvalue weighted by Crippen LogP contribution is 2.14. The molecule has 0 spiro atoms. The lowest BCUT2D eigenvalue weighted by Crippen LogP contribution is -2.16. The molecular weight excluding hydrogens is 254 g/mol. The van der Waals surface area contributed by atoms with E-state index in [2.05, 4.69) is 39.6 Å². The van der Waals surface area contributed by atoms with Gasteiger partial charge in [-0.1, -0.05) is 12.1 Å². The first-order chi connectivity index (χ1) is 9.42. The molecule has 0 amide bonds. The van der Waals surface area contributed by atoms with Gasteiger partial charge in [0.25, 0.3) is 0 Å². The number of hydrogen-bond donors (Lipinski definition) is 1. The molecule has 0 bridgehead atoms. The van der Waals surface area contributed by atoms with Crippen LogP contribution in [0, 0.1) is 0 Å². The standard InChI is InChI=1S/C15H15N3S/c1-2-14-11-17-5-3-13(14)9-12(1)10-16-6-4-15-18-7-8-19-15/h1-3,5,7-9,11,16H,4,6,10H2. The van der Waals surface area contributed by atoms with E-state index in [9.17, 15) is 0 Å². The Hall–Kier alpha value is -1.78. The Morgan fingerprint density at radius 3 is 3.00 bits per heavy atom. The molecule has 0 atom stereocenters. The van der Waals surface area contributed by atoms with Crippen LogP contribution < -0.4 is 5.32 Å². The molecule has 19 heavy (non-hydrogen) atoms. The van der Waals surface area contributed by atoms with Crippen molar-refractivity contribution in [1.82, 2.24) is 15.3 Å². The van der Waals surface area contributed by atoms with Crippen molar-refractivity contribution in [3.05, 3.63) is 58.8 Å². The van der Waals surface area contributed by atoms with Crippen LogP contribution in [0.15, 0.2) is 48.2 Å². The SMILES string of the molecule is c1cc2cc(CNCCc3nccs3)ccc2cn1. The molecule has 2 aromatic heterocycles. The zero-order valence-electron chi connectivity index (χ0n) is 10.5. The Labute approximate surface area is 116 Å². The van der Waals surface area contributed by atoms with Crippen molar-refractivity contribution < 1.29 is 0 Å². The quantitative estimate of drug-likeness (QED) is 0.723. The number of aromatic nitrogens is 2. The largest absolute Gasteiger partial charge is 0.312 e. The molecule has 3 nitrogen and oxygen atoms in total. The lowest BCUT2D eigenvalue weighted by molar-refractivity contribution is 0.686. The van der Waals surface area contributed by atoms with E-state index in [-0.39, 0.29) is 0 Å². The van der Waals surface area contributed by atoms with Gasteiger partial charge in [0.15, 0.2) is 0 Å². The lowest BCUT2D eigenvalue weighted by Gasteiger charge is -2.05. The molecule has 0 fully saturated rings. The highest BCUT2D eigenvalue weighted by molar-refractivity contribution is 7.09. The molecule has 3 aromatic rings. The minimum atomic E-state index is 0.892. The summed E-state index contributed by atoms with van der Waals surface area (Å²) < 4.78 is 0. The van der Waals surface area contributed by atoms with Crippen LogP contribution in [0.2, 0.25) is 0 Å². The second-order valence-electron chi connectivity index (χ2n) is 4.41. The fourth-order valence-electron chi connectivity index (χ4n) is 2.05. The predicted octanol–water partition coefficient (Wildman–Crippen LogP) is 3.02. The van der Waals surface area contributed by atoms with Crippen LogP contribution in [0.3, 0.4) is 0 Å². The maximum absolute atomic E-state index is 4.27. The summed E-state index contributed by atoms with van der Waals surface area (Å²) in [4.78, 5) is 8.40. The predicted molar refractivity (Wildman–Crippen MR) is 79.3 cm³/mol. The van der Waals surface area contributed by atoms with Gasteiger partial charge in [-0.15, -0.1) is 11.3 Å². The van der Waals surface area contributed by atoms with Crippen molar-refractivity contribution in [2.75, 3.05) is 6.54 Å². The van der Waals surface area contributed by atoms with E-state index in [0.29, 0.717) is 0 Å². The summed E-state index contributed by atoms with van der Waals surface area (Å²) in [5.41, 5.74) is 1.30. The number of fused-ring (bicyclic) bond motifs is 1. The number of benzene rings is 1. The fraction of sp³-hybridized carbons (Fsp3) is 0.200. The molecule has 4 heteroatoms. The molecule has 0 saturated heterocycles. The number of pyridine rings is 1. The number of rotatable bonds is 5. The zero-order valence-corrected chi connectivity index (χ0v) is 11.4. The highest BCUT2D eigenvalue weighted by Gasteiger charge is 1.98. The van der Waals surface area contributed by atoms with Crippen LogP contribution in [-0.2, 0) is 13.0 Å². The highest BCUT2D eigenvalue weighted by atomic mass is 32.1. The van der Waals surface area contributed by atoms with Gasteiger partial charge in [-0.05, 0) is 23.1 Å². The third kappa shape index (κ3) is 3.16. The Morgan fingerprint density at radius 2 is 2.11 bits per heavy atom. The van der Waals surface area contributed by atoms with E-state index in [1.54, 1.807) is 11.3 Å². The second-order valence-corrected chi connectivity index (χ2v) is 5.39. The molecular formula is C15H15N3S. The van der Waals surface area contributed by atoms with Gasteiger partial charge in [-0.25, -0.2) is 4.98 Å². The van der Waals surface area contributed by atoms with Gasteiger partial charge in [0.05, 0.1) is 5.01 Å². The molecule has 0 aliphatic heterocycles. The van der Waals surface area contributed by atoms with Gasteiger partial charge in [-0.3, -0.25) is 4.98 Å². The zero-order chi connectivity index (χ0) is 12.9. The molecule has 3 rings (SSSR count). The summed E-state index contributed by atoms with van der Waals surface area (Å²) in [6.07, 6.45) is 6.59. The van der Waals surface area contributed by atoms with Crippen LogP contribution in [0.5, 0.6) is 0 Å². The molecule has 1 N–H and O–H groups in total. The molecule has 0 aliphatic carbocycles. The van der Waals surface area contributed by atoms with E-state index in [4.69, 9.17) is 0 Å². The Morgan fingerprint density at radius 1 is 1.11 bits per heavy atom. The van der Waals surface area contributed by atoms with Crippen molar-refractivity contribution in [2.45, 2.75) is 13.0 Å². The minimum absolute atomic E-state index is 0.892. The van der Waals surface area contributed by atoms with Gasteiger partial charge in [-0.2, -0.15) is 0 Å². The van der Waals surface area contributed by atoms with E-state index in [1.165, 1.54) is 21.3 Å². The van der Waals surface area contributed by atoms with Crippen LogP contribution in [0.4, 0.5) is 0 Å². The third-order valence-corrected chi connectivity index (χ3v) is 3.87. The Balaban J connectivity index is 1.56. The van der Waals surface area contributed by atoms with Crippen LogP contribution >= 0.6 is 11.3 Å². The molecule has 0 aliphatic rings. The summed E-state index contributed by atoms with van der Waals surface area (Å²) >= 11 is 1.71. The Bertz CT molecular complexity index is 649. The molecule has 96 valence electrons. The molecule has 0 unspecified atom stereocenters. The van der Waals surface area contributed by atoms with Crippen molar-refractivity contribution in [3.8, 4) is 0 Å². The van der Waals surface area contributed by atoms with Gasteiger partial charge < -0.3 is 5.32 Å². The van der Waals surface area contributed by atoms with Crippen molar-refractivity contribution in [2.24, 2.45) is 0 Å². The normalized spacial score (nSPS) is 10.9. The first kappa shape index (κ1) is 12.3. The average molecular weight is 269 g/mol.